The summed E-state index contributed by atoms with van der Waals surface area (Å²) in [4.78, 5) is 0.405. The maximum atomic E-state index is 12.5. The predicted molar refractivity (Wildman–Crippen MR) is 103 cm³/mol. The fraction of sp³-hybridized carbons (Fsp3) is 0.700. The highest BCUT2D eigenvalue weighted by atomic mass is 32.2. The summed E-state index contributed by atoms with van der Waals surface area (Å²) >= 11 is 0. The molecule has 24 heavy (non-hydrogen) atoms. The molecule has 0 N–H and O–H groups in total. The Morgan fingerprint density at radius 1 is 0.958 bits per heavy atom. The summed E-state index contributed by atoms with van der Waals surface area (Å²) in [5, 5.41) is 0. The molecule has 0 heterocycles. The number of unbranched alkanes of at least 4 members (excludes halogenated alkanes) is 4. The van der Waals surface area contributed by atoms with Gasteiger partial charge < -0.3 is 0 Å². The molecule has 0 unspecified atom stereocenters. The molecule has 0 aliphatic carbocycles. The van der Waals surface area contributed by atoms with E-state index in [1.54, 1.807) is 20.2 Å². The van der Waals surface area contributed by atoms with Crippen molar-refractivity contribution in [3.05, 3.63) is 29.8 Å². The third kappa shape index (κ3) is 5.59. The van der Waals surface area contributed by atoms with Gasteiger partial charge in [-0.25, -0.2) is 12.7 Å². The molecule has 0 atom stereocenters. The summed E-state index contributed by atoms with van der Waals surface area (Å²) in [5.41, 5.74) is 1.22. The minimum Gasteiger partial charge on any atom is -0.207 e. The van der Waals surface area contributed by atoms with E-state index in [-0.39, 0.29) is 5.41 Å². The van der Waals surface area contributed by atoms with Crippen molar-refractivity contribution in [3.8, 4) is 0 Å². The maximum absolute atomic E-state index is 12.5. The van der Waals surface area contributed by atoms with Gasteiger partial charge >= 0.3 is 0 Å². The Morgan fingerprint density at radius 3 is 1.96 bits per heavy atom. The normalized spacial score (nSPS) is 12.8. The van der Waals surface area contributed by atoms with E-state index in [1.165, 1.54) is 42.8 Å². The van der Waals surface area contributed by atoms with Gasteiger partial charge in [0.15, 0.2) is 0 Å². The smallest absolute Gasteiger partial charge is 0.207 e. The Labute approximate surface area is 149 Å². The molecule has 0 saturated heterocycles. The lowest BCUT2D eigenvalue weighted by molar-refractivity contribution is 0.366. The average molecular weight is 354 g/mol. The van der Waals surface area contributed by atoms with Crippen LogP contribution in [0, 0.1) is 0 Å². The molecule has 0 radical (unpaired) electrons. The molecule has 0 bridgehead atoms. The number of benzene rings is 1. The molecule has 0 fully saturated rings. The van der Waals surface area contributed by atoms with E-state index in [9.17, 15) is 8.42 Å². The molecular formula is C20H35NO2S. The highest BCUT2D eigenvalue weighted by Crippen LogP contribution is 2.36. The van der Waals surface area contributed by atoms with Crippen LogP contribution in [0.4, 0.5) is 0 Å². The van der Waals surface area contributed by atoms with E-state index in [4.69, 9.17) is 0 Å². The van der Waals surface area contributed by atoms with Crippen LogP contribution in [0.1, 0.15) is 77.7 Å². The fourth-order valence-electron chi connectivity index (χ4n) is 3.19. The van der Waals surface area contributed by atoms with Gasteiger partial charge in [0, 0.05) is 14.1 Å². The minimum atomic E-state index is -3.38. The predicted octanol–water partition coefficient (Wildman–Crippen LogP) is 5.36. The largest absolute Gasteiger partial charge is 0.242 e. The monoisotopic (exact) mass is 353 g/mol. The van der Waals surface area contributed by atoms with Crippen molar-refractivity contribution in [2.24, 2.45) is 0 Å². The third-order valence-electron chi connectivity index (χ3n) is 4.97. The summed E-state index contributed by atoms with van der Waals surface area (Å²) < 4.78 is 26.2. The zero-order valence-corrected chi connectivity index (χ0v) is 17.0. The molecule has 138 valence electrons. The Morgan fingerprint density at radius 2 is 1.50 bits per heavy atom. The van der Waals surface area contributed by atoms with Gasteiger partial charge in [-0.15, -0.1) is 0 Å². The second-order valence-electron chi connectivity index (χ2n) is 7.29. The minimum absolute atomic E-state index is 0.0577. The first-order valence-corrected chi connectivity index (χ1v) is 10.7. The number of hydrogen-bond acceptors (Lipinski definition) is 2. The molecule has 1 rings (SSSR count). The van der Waals surface area contributed by atoms with Crippen molar-refractivity contribution in [2.75, 3.05) is 14.1 Å². The summed E-state index contributed by atoms with van der Waals surface area (Å²) in [6.07, 6.45) is 9.53. The number of rotatable bonds is 11. The Balaban J connectivity index is 3.13. The lowest BCUT2D eigenvalue weighted by Gasteiger charge is -2.31. The van der Waals surface area contributed by atoms with Crippen LogP contribution in [0.5, 0.6) is 0 Å². The van der Waals surface area contributed by atoms with Crippen molar-refractivity contribution in [3.63, 3.8) is 0 Å². The van der Waals surface area contributed by atoms with Gasteiger partial charge in [-0.1, -0.05) is 71.4 Å². The maximum Gasteiger partial charge on any atom is 0.242 e. The second-order valence-corrected chi connectivity index (χ2v) is 9.44. The first-order valence-electron chi connectivity index (χ1n) is 9.31. The van der Waals surface area contributed by atoms with E-state index in [2.05, 4.69) is 26.8 Å². The van der Waals surface area contributed by atoms with Crippen molar-refractivity contribution in [1.82, 2.24) is 4.31 Å². The van der Waals surface area contributed by atoms with Crippen LogP contribution in [-0.4, -0.2) is 26.8 Å². The number of hydrogen-bond donors (Lipinski definition) is 0. The Kier molecular flexibility index (Phi) is 8.44. The van der Waals surface area contributed by atoms with Crippen LogP contribution in [0.3, 0.4) is 0 Å². The van der Waals surface area contributed by atoms with Gasteiger partial charge in [-0.05, 0) is 36.0 Å². The van der Waals surface area contributed by atoms with E-state index in [0.29, 0.717) is 4.90 Å². The third-order valence-corrected chi connectivity index (χ3v) is 6.78. The van der Waals surface area contributed by atoms with E-state index in [1.807, 2.05) is 12.1 Å². The van der Waals surface area contributed by atoms with Gasteiger partial charge in [0.05, 0.1) is 4.90 Å². The summed E-state index contributed by atoms with van der Waals surface area (Å²) in [7, 11) is -0.203. The van der Waals surface area contributed by atoms with Crippen LogP contribution in [0.25, 0.3) is 0 Å². The quantitative estimate of drug-likeness (QED) is 0.503. The Hall–Kier alpha value is -0.870. The molecule has 0 saturated carbocycles. The highest BCUT2D eigenvalue weighted by molar-refractivity contribution is 7.89. The lowest BCUT2D eigenvalue weighted by atomic mass is 9.74. The van der Waals surface area contributed by atoms with Crippen molar-refractivity contribution in [2.45, 2.75) is 82.4 Å². The van der Waals surface area contributed by atoms with Gasteiger partial charge in [0.25, 0.3) is 0 Å². The topological polar surface area (TPSA) is 37.4 Å². The second kappa shape index (κ2) is 9.57. The van der Waals surface area contributed by atoms with Gasteiger partial charge in [-0.2, -0.15) is 0 Å². The molecule has 0 aliphatic heterocycles. The van der Waals surface area contributed by atoms with Crippen LogP contribution < -0.4 is 0 Å². The summed E-state index contributed by atoms with van der Waals surface area (Å²) in [5.74, 6) is 0. The van der Waals surface area contributed by atoms with Crippen molar-refractivity contribution >= 4 is 10.0 Å². The van der Waals surface area contributed by atoms with Gasteiger partial charge in [0.1, 0.15) is 0 Å². The highest BCUT2D eigenvalue weighted by Gasteiger charge is 2.27. The summed E-state index contributed by atoms with van der Waals surface area (Å²) in [6, 6.07) is 7.60. The first-order chi connectivity index (χ1) is 11.3. The van der Waals surface area contributed by atoms with E-state index < -0.39 is 10.0 Å². The SMILES string of the molecule is CCCCCC(C)(CCCCC)c1cccc(S(=O)(=O)N(C)C)c1. The van der Waals surface area contributed by atoms with Crippen LogP contribution in [-0.2, 0) is 15.4 Å². The fourth-order valence-corrected chi connectivity index (χ4v) is 4.13. The standard InChI is InChI=1S/C20H35NO2S/c1-6-8-10-15-20(3,16-11-9-7-2)18-13-12-14-19(17-18)24(22,23)21(4)5/h12-14,17H,6-11,15-16H2,1-5H3. The molecule has 1 aromatic rings. The molecule has 0 spiro atoms. The van der Waals surface area contributed by atoms with E-state index >= 15 is 0 Å². The molecule has 0 aliphatic rings. The zero-order chi connectivity index (χ0) is 18.2. The number of sulfonamides is 1. The van der Waals surface area contributed by atoms with Crippen LogP contribution in [0.15, 0.2) is 29.2 Å². The lowest BCUT2D eigenvalue weighted by Crippen LogP contribution is -2.25. The van der Waals surface area contributed by atoms with E-state index in [0.717, 1.165) is 18.4 Å². The van der Waals surface area contributed by atoms with Crippen molar-refractivity contribution in [1.29, 1.82) is 0 Å². The molecular weight excluding hydrogens is 318 g/mol. The molecule has 0 aromatic heterocycles. The van der Waals surface area contributed by atoms with Crippen LogP contribution in [0.2, 0.25) is 0 Å². The molecule has 4 heteroatoms. The van der Waals surface area contributed by atoms with Gasteiger partial charge in [0.2, 0.25) is 10.0 Å². The average Bonchev–Trinajstić information content (AvgIpc) is 2.55. The zero-order valence-electron chi connectivity index (χ0n) is 16.1. The first kappa shape index (κ1) is 21.2. The number of nitrogens with zero attached hydrogens (tertiary/aromatic N) is 1. The summed E-state index contributed by atoms with van der Waals surface area (Å²) in [6.45, 7) is 6.75. The molecule has 1 aromatic carbocycles. The molecule has 0 amide bonds. The van der Waals surface area contributed by atoms with Crippen molar-refractivity contribution < 1.29 is 8.42 Å². The molecule has 3 nitrogen and oxygen atoms in total. The Bertz CT molecular complexity index is 583. The van der Waals surface area contributed by atoms with Crippen LogP contribution >= 0.6 is 0 Å². The van der Waals surface area contributed by atoms with Gasteiger partial charge in [-0.3, -0.25) is 0 Å².